The van der Waals surface area contributed by atoms with Gasteiger partial charge in [0, 0.05) is 43.9 Å². The predicted molar refractivity (Wildman–Crippen MR) is 219 cm³/mol. The molecule has 1 fully saturated rings. The first-order chi connectivity index (χ1) is 26.9. The van der Waals surface area contributed by atoms with Gasteiger partial charge in [-0.15, -0.1) is 0 Å². The van der Waals surface area contributed by atoms with Gasteiger partial charge in [0.1, 0.15) is 12.4 Å². The maximum Gasteiger partial charge on any atom is 0.469 e. The zero-order chi connectivity index (χ0) is 41.4. The second kappa shape index (κ2) is 33.0. The van der Waals surface area contributed by atoms with Crippen LogP contribution in [0.15, 0.2) is 24.3 Å². The summed E-state index contributed by atoms with van der Waals surface area (Å²) in [5.41, 5.74) is 0. The maximum atomic E-state index is 12.8. The first-order valence-corrected chi connectivity index (χ1v) is 23.3. The van der Waals surface area contributed by atoms with Crippen molar-refractivity contribution in [1.29, 1.82) is 0 Å². The number of phosphoric ester groups is 1. The Bertz CT molecular complexity index is 1140. The van der Waals surface area contributed by atoms with Gasteiger partial charge in [-0.3, -0.25) is 18.9 Å². The second-order valence-corrected chi connectivity index (χ2v) is 16.9. The monoisotopic (exact) mass is 817 g/mol. The minimum atomic E-state index is -4.86. The number of ketones is 1. The van der Waals surface area contributed by atoms with Gasteiger partial charge in [-0.1, -0.05) is 122 Å². The SMILES string of the molecule is CCCCCCCC/C=C\CCCCCCCCCC(=O)OC[C@H](COP(=O)(O)O)OC(=O)CCCCC(=O)C[C@@H]1[C@@H](/C=C/[C@@H](O)CCCCC)[C@H](O)C[C@@H]1O. The summed E-state index contributed by atoms with van der Waals surface area (Å²) in [5.74, 6) is -2.20. The van der Waals surface area contributed by atoms with Crippen LogP contribution in [0.2, 0.25) is 0 Å². The molecule has 0 radical (unpaired) electrons. The van der Waals surface area contributed by atoms with Gasteiger partial charge in [-0.05, 0) is 51.4 Å². The van der Waals surface area contributed by atoms with Gasteiger partial charge < -0.3 is 34.6 Å². The number of carbonyl (C=O) groups is 3. The van der Waals surface area contributed by atoms with E-state index in [0.29, 0.717) is 25.7 Å². The van der Waals surface area contributed by atoms with Crippen LogP contribution in [0.3, 0.4) is 0 Å². The molecular formula is C43H77O12P. The van der Waals surface area contributed by atoms with Crippen LogP contribution in [0.1, 0.15) is 181 Å². The number of hydrogen-bond acceptors (Lipinski definition) is 10. The van der Waals surface area contributed by atoms with Crippen molar-refractivity contribution in [3.63, 3.8) is 0 Å². The Labute approximate surface area is 337 Å². The molecule has 0 heterocycles. The van der Waals surface area contributed by atoms with E-state index in [-0.39, 0.29) is 37.9 Å². The van der Waals surface area contributed by atoms with Crippen LogP contribution in [-0.4, -0.2) is 80.5 Å². The summed E-state index contributed by atoms with van der Waals surface area (Å²) in [4.78, 5) is 55.9. The van der Waals surface area contributed by atoms with Crippen LogP contribution in [-0.2, 0) is 32.9 Å². The lowest BCUT2D eigenvalue weighted by Crippen LogP contribution is -2.29. The van der Waals surface area contributed by atoms with Crippen molar-refractivity contribution < 1.29 is 58.1 Å². The zero-order valence-corrected chi connectivity index (χ0v) is 35.5. The lowest BCUT2D eigenvalue weighted by atomic mass is 9.87. The zero-order valence-electron chi connectivity index (χ0n) is 34.6. The third kappa shape index (κ3) is 28.5. The Balaban J connectivity index is 2.29. The lowest BCUT2D eigenvalue weighted by Gasteiger charge is -2.20. The highest BCUT2D eigenvalue weighted by Crippen LogP contribution is 2.37. The quantitative estimate of drug-likeness (QED) is 0.0175. The number of Topliss-reactive ketones (excluding diaryl/α,β-unsaturated/α-hetero) is 1. The Morgan fingerprint density at radius 2 is 1.23 bits per heavy atom. The number of ether oxygens (including phenoxy) is 2. The summed E-state index contributed by atoms with van der Waals surface area (Å²) in [6, 6.07) is 0. The van der Waals surface area contributed by atoms with Crippen molar-refractivity contribution in [3.8, 4) is 0 Å². The Kier molecular flexibility index (Phi) is 30.7. The summed E-state index contributed by atoms with van der Waals surface area (Å²) < 4.78 is 26.3. The van der Waals surface area contributed by atoms with Crippen molar-refractivity contribution in [3.05, 3.63) is 24.3 Å². The molecule has 0 spiro atoms. The molecule has 56 heavy (non-hydrogen) atoms. The number of phosphoric acid groups is 1. The number of hydrogen-bond donors (Lipinski definition) is 5. The Morgan fingerprint density at radius 3 is 1.86 bits per heavy atom. The topological polar surface area (TPSA) is 197 Å². The van der Waals surface area contributed by atoms with E-state index in [1.165, 1.54) is 57.8 Å². The van der Waals surface area contributed by atoms with Crippen molar-refractivity contribution >= 4 is 25.5 Å². The van der Waals surface area contributed by atoms with Crippen LogP contribution in [0.25, 0.3) is 0 Å². The van der Waals surface area contributed by atoms with Crippen LogP contribution in [0.4, 0.5) is 0 Å². The Morgan fingerprint density at radius 1 is 0.696 bits per heavy atom. The van der Waals surface area contributed by atoms with Crippen LogP contribution in [0, 0.1) is 11.8 Å². The van der Waals surface area contributed by atoms with E-state index < -0.39 is 69.2 Å². The molecule has 6 atom stereocenters. The van der Waals surface area contributed by atoms with Crippen LogP contribution in [0.5, 0.6) is 0 Å². The number of unbranched alkanes of at least 4 members (excludes halogenated alkanes) is 16. The molecule has 0 unspecified atom stereocenters. The van der Waals surface area contributed by atoms with Crippen molar-refractivity contribution in [2.45, 2.75) is 205 Å². The molecule has 1 aliphatic rings. The molecule has 1 aliphatic carbocycles. The molecule has 0 saturated heterocycles. The molecule has 326 valence electrons. The average Bonchev–Trinajstić information content (AvgIpc) is 3.41. The summed E-state index contributed by atoms with van der Waals surface area (Å²) >= 11 is 0. The normalized spacial score (nSPS) is 19.8. The van der Waals surface area contributed by atoms with E-state index in [0.717, 1.165) is 51.4 Å². The number of allylic oxidation sites excluding steroid dienone is 2. The molecule has 1 saturated carbocycles. The maximum absolute atomic E-state index is 12.8. The van der Waals surface area contributed by atoms with Gasteiger partial charge in [0.05, 0.1) is 24.9 Å². The van der Waals surface area contributed by atoms with E-state index in [1.807, 2.05) is 0 Å². The molecule has 0 aromatic rings. The highest BCUT2D eigenvalue weighted by atomic mass is 31.2. The van der Waals surface area contributed by atoms with Crippen molar-refractivity contribution in [2.24, 2.45) is 11.8 Å². The number of esters is 2. The predicted octanol–water partition coefficient (Wildman–Crippen LogP) is 8.74. The second-order valence-electron chi connectivity index (χ2n) is 15.6. The standard InChI is InChI=1S/C43H77O12P/c1-3-5-7-8-9-10-11-12-13-14-15-16-17-18-19-20-22-27-42(48)53-33-37(34-54-56(50,51)52)55-43(49)28-24-23-26-36(45)31-39-38(40(46)32-41(39)47)30-29-35(44)25-21-6-4-2/h12-13,29-30,35,37-41,44,46-47H,3-11,14-28,31-34H2,1-2H3,(H2,50,51,52)/b13-12-,30-29+/t35-,37+,38+,39+,40+,41-/m0/s1. The van der Waals surface area contributed by atoms with E-state index >= 15 is 0 Å². The van der Waals surface area contributed by atoms with Gasteiger partial charge in [0.15, 0.2) is 6.10 Å². The first-order valence-electron chi connectivity index (χ1n) is 21.8. The smallest absolute Gasteiger partial charge is 0.462 e. The summed E-state index contributed by atoms with van der Waals surface area (Å²) in [5, 5.41) is 31.2. The molecule has 0 aromatic heterocycles. The molecule has 5 N–H and O–H groups in total. The minimum absolute atomic E-state index is 0.0637. The van der Waals surface area contributed by atoms with Gasteiger partial charge in [0.2, 0.25) is 0 Å². The molecule has 13 heteroatoms. The largest absolute Gasteiger partial charge is 0.469 e. The number of aliphatic hydroxyl groups excluding tert-OH is 3. The number of carbonyl (C=O) groups excluding carboxylic acids is 3. The summed E-state index contributed by atoms with van der Waals surface area (Å²) in [7, 11) is -4.86. The van der Waals surface area contributed by atoms with E-state index in [4.69, 9.17) is 19.3 Å². The van der Waals surface area contributed by atoms with Crippen molar-refractivity contribution in [1.82, 2.24) is 0 Å². The molecule has 0 aromatic carbocycles. The average molecular weight is 817 g/mol. The fourth-order valence-corrected chi connectivity index (χ4v) is 7.43. The van der Waals surface area contributed by atoms with Gasteiger partial charge >= 0.3 is 19.8 Å². The van der Waals surface area contributed by atoms with E-state index in [9.17, 15) is 34.3 Å². The van der Waals surface area contributed by atoms with Gasteiger partial charge in [-0.2, -0.15) is 0 Å². The molecule has 0 aliphatic heterocycles. The Hall–Kier alpha value is -1.92. The van der Waals surface area contributed by atoms with Crippen LogP contribution >= 0.6 is 7.82 Å². The molecule has 0 amide bonds. The highest BCUT2D eigenvalue weighted by Gasteiger charge is 2.41. The number of aliphatic hydroxyl groups is 3. The third-order valence-electron chi connectivity index (χ3n) is 10.4. The van der Waals surface area contributed by atoms with E-state index in [2.05, 4.69) is 30.5 Å². The first kappa shape index (κ1) is 52.1. The fourth-order valence-electron chi connectivity index (χ4n) is 7.07. The summed E-state index contributed by atoms with van der Waals surface area (Å²) in [6.07, 6.45) is 26.7. The van der Waals surface area contributed by atoms with Gasteiger partial charge in [0.25, 0.3) is 0 Å². The molecule has 1 rings (SSSR count). The molecule has 12 nitrogen and oxygen atoms in total. The van der Waals surface area contributed by atoms with Crippen LogP contribution < -0.4 is 0 Å². The number of rotatable bonds is 36. The summed E-state index contributed by atoms with van der Waals surface area (Å²) in [6.45, 7) is 3.26. The van der Waals surface area contributed by atoms with E-state index in [1.54, 1.807) is 12.2 Å². The lowest BCUT2D eigenvalue weighted by molar-refractivity contribution is -0.161. The highest BCUT2D eigenvalue weighted by molar-refractivity contribution is 7.46. The third-order valence-corrected chi connectivity index (χ3v) is 10.9. The fraction of sp³-hybridized carbons (Fsp3) is 0.837. The van der Waals surface area contributed by atoms with Gasteiger partial charge in [-0.25, -0.2) is 4.57 Å². The van der Waals surface area contributed by atoms with Crippen molar-refractivity contribution in [2.75, 3.05) is 13.2 Å². The minimum Gasteiger partial charge on any atom is -0.462 e. The molecule has 0 bridgehead atoms. The molecular weight excluding hydrogens is 739 g/mol.